The number of aliphatic hydroxyl groups excluding tert-OH is 1. The second-order valence-electron chi connectivity index (χ2n) is 3.23. The van der Waals surface area contributed by atoms with Crippen LogP contribution in [0.2, 0.25) is 0 Å². The molecule has 0 heterocycles. The van der Waals surface area contributed by atoms with Crippen LogP contribution in [0.15, 0.2) is 36.4 Å². The van der Waals surface area contributed by atoms with Crippen molar-refractivity contribution in [1.29, 1.82) is 0 Å². The summed E-state index contributed by atoms with van der Waals surface area (Å²) in [5.74, 6) is 5.18. The van der Waals surface area contributed by atoms with Crippen molar-refractivity contribution in [2.75, 3.05) is 20.3 Å². The normalized spacial score (nSPS) is 9.67. The molecule has 1 N–H and O–H groups in total. The lowest BCUT2D eigenvalue weighted by atomic mass is 10.2. The summed E-state index contributed by atoms with van der Waals surface area (Å²) in [6.07, 6.45) is 3.04. The number of hydrogen-bond acceptors (Lipinski definition) is 4. The molecule has 0 aliphatic rings. The van der Waals surface area contributed by atoms with E-state index in [-0.39, 0.29) is 13.2 Å². The first kappa shape index (κ1) is 13.8. The molecule has 0 amide bonds. The number of carbonyl (C=O) groups is 1. The highest BCUT2D eigenvalue weighted by Gasteiger charge is 1.94. The monoisotopic (exact) mass is 246 g/mol. The quantitative estimate of drug-likeness (QED) is 0.491. The van der Waals surface area contributed by atoms with Gasteiger partial charge in [-0.15, -0.1) is 0 Å². The van der Waals surface area contributed by atoms with Crippen LogP contribution in [0, 0.1) is 11.8 Å². The van der Waals surface area contributed by atoms with Gasteiger partial charge in [0.2, 0.25) is 0 Å². The Morgan fingerprint density at radius 3 is 2.67 bits per heavy atom. The van der Waals surface area contributed by atoms with E-state index in [4.69, 9.17) is 14.6 Å². The first-order valence-electron chi connectivity index (χ1n) is 5.35. The number of rotatable bonds is 4. The maximum absolute atomic E-state index is 11.2. The molecule has 0 unspecified atom stereocenters. The van der Waals surface area contributed by atoms with Gasteiger partial charge in [0.05, 0.1) is 13.7 Å². The maximum Gasteiger partial charge on any atom is 0.385 e. The Bertz CT molecular complexity index is 463. The third-order valence-electron chi connectivity index (χ3n) is 1.98. The zero-order chi connectivity index (χ0) is 13.2. The van der Waals surface area contributed by atoms with Gasteiger partial charge in [-0.3, -0.25) is 0 Å². The average Bonchev–Trinajstić information content (AvgIpc) is 2.42. The number of ether oxygens (including phenoxy) is 2. The van der Waals surface area contributed by atoms with Crippen LogP contribution in [0.25, 0.3) is 0 Å². The van der Waals surface area contributed by atoms with E-state index < -0.39 is 5.97 Å². The van der Waals surface area contributed by atoms with Crippen LogP contribution in [-0.4, -0.2) is 31.4 Å². The molecule has 0 aliphatic carbocycles. The number of benzene rings is 1. The fourth-order valence-corrected chi connectivity index (χ4v) is 1.10. The predicted octanol–water partition coefficient (Wildman–Crippen LogP) is 1.14. The minimum atomic E-state index is -0.603. The molecule has 1 aromatic carbocycles. The predicted molar refractivity (Wildman–Crippen MR) is 67.1 cm³/mol. The Morgan fingerprint density at radius 1 is 1.33 bits per heavy atom. The molecule has 0 bridgehead atoms. The molecule has 4 nitrogen and oxygen atoms in total. The van der Waals surface area contributed by atoms with Crippen molar-refractivity contribution in [3.63, 3.8) is 0 Å². The van der Waals surface area contributed by atoms with Gasteiger partial charge >= 0.3 is 5.97 Å². The molecule has 1 aromatic rings. The molecule has 0 radical (unpaired) electrons. The molecule has 0 aliphatic heterocycles. The number of hydrogen-bond donors (Lipinski definition) is 1. The van der Waals surface area contributed by atoms with Crippen molar-refractivity contribution in [3.8, 4) is 17.6 Å². The zero-order valence-corrected chi connectivity index (χ0v) is 10.1. The fraction of sp³-hybridized carbons (Fsp3) is 0.214. The first-order valence-corrected chi connectivity index (χ1v) is 5.35. The molecular formula is C14H14O4. The molecule has 18 heavy (non-hydrogen) atoms. The third kappa shape index (κ3) is 5.19. The minimum absolute atomic E-state index is 0.0743. The van der Waals surface area contributed by atoms with Crippen molar-refractivity contribution in [3.05, 3.63) is 42.0 Å². The number of esters is 1. The van der Waals surface area contributed by atoms with E-state index >= 15 is 0 Å². The van der Waals surface area contributed by atoms with E-state index in [1.54, 1.807) is 37.5 Å². The first-order chi connectivity index (χ1) is 8.76. The van der Waals surface area contributed by atoms with Crippen molar-refractivity contribution in [2.45, 2.75) is 0 Å². The molecule has 0 spiro atoms. The van der Waals surface area contributed by atoms with Gasteiger partial charge in [0.15, 0.2) is 0 Å². The zero-order valence-electron chi connectivity index (χ0n) is 10.1. The molecule has 94 valence electrons. The van der Waals surface area contributed by atoms with Gasteiger partial charge in [0, 0.05) is 11.5 Å². The van der Waals surface area contributed by atoms with Gasteiger partial charge < -0.3 is 14.6 Å². The SMILES string of the molecule is COc1ccc(C#CC(=O)OC/C=C\CO)cc1. The largest absolute Gasteiger partial charge is 0.497 e. The van der Waals surface area contributed by atoms with Gasteiger partial charge in [-0.05, 0) is 30.3 Å². The van der Waals surface area contributed by atoms with Crippen LogP contribution in [0.5, 0.6) is 5.75 Å². The van der Waals surface area contributed by atoms with Crippen LogP contribution in [0.3, 0.4) is 0 Å². The van der Waals surface area contributed by atoms with Crippen LogP contribution in [0.4, 0.5) is 0 Å². The Morgan fingerprint density at radius 2 is 2.06 bits per heavy atom. The van der Waals surface area contributed by atoms with E-state index in [0.29, 0.717) is 5.56 Å². The van der Waals surface area contributed by atoms with Gasteiger partial charge in [-0.25, -0.2) is 4.79 Å². The van der Waals surface area contributed by atoms with E-state index in [2.05, 4.69) is 11.8 Å². The Labute approximate surface area is 106 Å². The van der Waals surface area contributed by atoms with Crippen LogP contribution < -0.4 is 4.74 Å². The molecule has 0 saturated heterocycles. The van der Waals surface area contributed by atoms with E-state index in [1.807, 2.05) is 0 Å². The molecule has 4 heteroatoms. The van der Waals surface area contributed by atoms with Gasteiger partial charge in [-0.2, -0.15) is 0 Å². The fourth-order valence-electron chi connectivity index (χ4n) is 1.10. The van der Waals surface area contributed by atoms with Gasteiger partial charge in [0.25, 0.3) is 0 Å². The lowest BCUT2D eigenvalue weighted by Gasteiger charge is -1.97. The molecule has 0 aromatic heterocycles. The standard InChI is InChI=1S/C14H14O4/c1-17-13-7-4-12(5-8-13)6-9-14(16)18-11-3-2-10-15/h2-5,7-8,15H,10-11H2,1H3/b3-2-. The molecule has 0 fully saturated rings. The van der Waals surface area contributed by atoms with E-state index in [0.717, 1.165) is 5.75 Å². The summed E-state index contributed by atoms with van der Waals surface area (Å²) in [5, 5.41) is 8.46. The molecule has 1 rings (SSSR count). The number of methoxy groups -OCH3 is 1. The van der Waals surface area contributed by atoms with Crippen LogP contribution in [-0.2, 0) is 9.53 Å². The summed E-state index contributed by atoms with van der Waals surface area (Å²) in [7, 11) is 1.58. The number of carbonyl (C=O) groups excluding carboxylic acids is 1. The van der Waals surface area contributed by atoms with Gasteiger partial charge in [-0.1, -0.05) is 12.0 Å². The lowest BCUT2D eigenvalue weighted by Crippen LogP contribution is -2.00. The summed E-state index contributed by atoms with van der Waals surface area (Å²) >= 11 is 0. The summed E-state index contributed by atoms with van der Waals surface area (Å²) < 4.78 is 9.78. The summed E-state index contributed by atoms with van der Waals surface area (Å²) in [5.41, 5.74) is 0.707. The van der Waals surface area contributed by atoms with Crippen molar-refractivity contribution >= 4 is 5.97 Å². The molecule has 0 saturated carbocycles. The number of aliphatic hydroxyl groups is 1. The topological polar surface area (TPSA) is 55.8 Å². The Balaban J connectivity index is 2.48. The lowest BCUT2D eigenvalue weighted by molar-refractivity contribution is -0.135. The van der Waals surface area contributed by atoms with Crippen molar-refractivity contribution in [2.24, 2.45) is 0 Å². The smallest absolute Gasteiger partial charge is 0.385 e. The Kier molecular flexibility index (Phi) is 6.09. The Hall–Kier alpha value is -2.25. The summed E-state index contributed by atoms with van der Waals surface area (Å²) in [6.45, 7) is 0.0335. The highest BCUT2D eigenvalue weighted by molar-refractivity contribution is 5.89. The highest BCUT2D eigenvalue weighted by atomic mass is 16.5. The minimum Gasteiger partial charge on any atom is -0.497 e. The van der Waals surface area contributed by atoms with E-state index in [1.165, 1.54) is 6.08 Å². The average molecular weight is 246 g/mol. The van der Waals surface area contributed by atoms with Crippen molar-refractivity contribution < 1.29 is 19.4 Å². The van der Waals surface area contributed by atoms with Crippen LogP contribution >= 0.6 is 0 Å². The van der Waals surface area contributed by atoms with Crippen LogP contribution in [0.1, 0.15) is 5.56 Å². The van der Waals surface area contributed by atoms with Crippen molar-refractivity contribution in [1.82, 2.24) is 0 Å². The maximum atomic E-state index is 11.2. The summed E-state index contributed by atoms with van der Waals surface area (Å²) in [6, 6.07) is 7.04. The third-order valence-corrected chi connectivity index (χ3v) is 1.98. The second kappa shape index (κ2) is 7.93. The highest BCUT2D eigenvalue weighted by Crippen LogP contribution is 2.09. The van der Waals surface area contributed by atoms with E-state index in [9.17, 15) is 4.79 Å². The molecule has 0 atom stereocenters. The second-order valence-corrected chi connectivity index (χ2v) is 3.23. The summed E-state index contributed by atoms with van der Waals surface area (Å²) in [4.78, 5) is 11.2. The molecular weight excluding hydrogens is 232 g/mol. The van der Waals surface area contributed by atoms with Gasteiger partial charge in [0.1, 0.15) is 12.4 Å².